The van der Waals surface area contributed by atoms with Crippen LogP contribution in [0.1, 0.15) is 6.92 Å². The Kier molecular flexibility index (Phi) is 6.11. The molecule has 0 N–H and O–H groups in total. The molecule has 0 aliphatic heterocycles. The Bertz CT molecular complexity index is 220. The molecular weight excluding hydrogens is 176 g/mol. The maximum Gasteiger partial charge on any atom is 0.251 e. The number of thioether (sulfide) groups is 1. The van der Waals surface area contributed by atoms with Crippen LogP contribution < -0.4 is 0 Å². The SMILES string of the molecule is C#CCN=C(C[N+](=O)[O-])SCC. The summed E-state index contributed by atoms with van der Waals surface area (Å²) in [5.41, 5.74) is 0. The van der Waals surface area contributed by atoms with Gasteiger partial charge in [0.15, 0.2) is 0 Å². The van der Waals surface area contributed by atoms with E-state index in [0.29, 0.717) is 5.04 Å². The minimum absolute atomic E-state index is 0.218. The zero-order chi connectivity index (χ0) is 9.40. The molecule has 4 nitrogen and oxygen atoms in total. The quantitative estimate of drug-likeness (QED) is 0.217. The summed E-state index contributed by atoms with van der Waals surface area (Å²) in [6.07, 6.45) is 4.97. The van der Waals surface area contributed by atoms with Crippen LogP contribution in [0, 0.1) is 22.5 Å². The standard InChI is InChI=1S/C7H10N2O2S/c1-3-5-8-7(12-4-2)6-9(10)11/h1H,4-6H2,2H3. The van der Waals surface area contributed by atoms with Crippen LogP contribution in [0.2, 0.25) is 0 Å². The van der Waals surface area contributed by atoms with Gasteiger partial charge in [-0.1, -0.05) is 12.8 Å². The van der Waals surface area contributed by atoms with Gasteiger partial charge < -0.3 is 0 Å². The summed E-state index contributed by atoms with van der Waals surface area (Å²) >= 11 is 1.36. The fraction of sp³-hybridized carbons (Fsp3) is 0.571. The van der Waals surface area contributed by atoms with Crippen molar-refractivity contribution in [1.29, 1.82) is 0 Å². The summed E-state index contributed by atoms with van der Waals surface area (Å²) < 4.78 is 0. The van der Waals surface area contributed by atoms with Gasteiger partial charge in [0.05, 0.1) is 0 Å². The van der Waals surface area contributed by atoms with E-state index in [1.54, 1.807) is 0 Å². The van der Waals surface area contributed by atoms with Crippen molar-refractivity contribution >= 4 is 16.8 Å². The van der Waals surface area contributed by atoms with Crippen molar-refractivity contribution in [1.82, 2.24) is 0 Å². The molecule has 0 amide bonds. The van der Waals surface area contributed by atoms with E-state index in [2.05, 4.69) is 10.9 Å². The minimum Gasteiger partial charge on any atom is -0.264 e. The number of aliphatic imine (C=N–C) groups is 1. The highest BCUT2D eigenvalue weighted by Crippen LogP contribution is 2.03. The Balaban J connectivity index is 4.04. The zero-order valence-electron chi connectivity index (χ0n) is 6.82. The number of terminal acetylenes is 1. The molecule has 0 heterocycles. The third kappa shape index (κ3) is 5.74. The van der Waals surface area contributed by atoms with Gasteiger partial charge in [-0.2, -0.15) is 0 Å². The summed E-state index contributed by atoms with van der Waals surface area (Å²) in [5, 5.41) is 10.6. The summed E-state index contributed by atoms with van der Waals surface area (Å²) in [5.74, 6) is 3.08. The molecule has 0 rings (SSSR count). The third-order valence-corrected chi connectivity index (χ3v) is 1.80. The van der Waals surface area contributed by atoms with Gasteiger partial charge in [-0.05, 0) is 5.75 Å². The highest BCUT2D eigenvalue weighted by atomic mass is 32.2. The number of nitrogens with zero attached hydrogens (tertiary/aromatic N) is 2. The van der Waals surface area contributed by atoms with Crippen molar-refractivity contribution in [3.63, 3.8) is 0 Å². The van der Waals surface area contributed by atoms with Gasteiger partial charge in [-0.3, -0.25) is 15.1 Å². The van der Waals surface area contributed by atoms with Crippen LogP contribution in [0.15, 0.2) is 4.99 Å². The first-order valence-electron chi connectivity index (χ1n) is 3.42. The highest BCUT2D eigenvalue weighted by Gasteiger charge is 2.05. The van der Waals surface area contributed by atoms with E-state index < -0.39 is 4.92 Å². The Morgan fingerprint density at radius 1 is 1.83 bits per heavy atom. The van der Waals surface area contributed by atoms with E-state index in [9.17, 15) is 10.1 Å². The molecule has 0 aliphatic rings. The fourth-order valence-corrected chi connectivity index (χ4v) is 1.24. The largest absolute Gasteiger partial charge is 0.264 e. The summed E-state index contributed by atoms with van der Waals surface area (Å²) in [6.45, 7) is 1.91. The van der Waals surface area contributed by atoms with Crippen molar-refractivity contribution in [2.75, 3.05) is 18.8 Å². The molecule has 12 heavy (non-hydrogen) atoms. The van der Waals surface area contributed by atoms with Crippen molar-refractivity contribution in [3.8, 4) is 12.3 Å². The molecule has 0 atom stereocenters. The molecule has 0 saturated carbocycles. The van der Waals surface area contributed by atoms with Gasteiger partial charge >= 0.3 is 0 Å². The molecule has 0 radical (unpaired) electrons. The van der Waals surface area contributed by atoms with E-state index in [-0.39, 0.29) is 13.1 Å². The van der Waals surface area contributed by atoms with Gasteiger partial charge in [0.2, 0.25) is 0 Å². The van der Waals surface area contributed by atoms with Crippen LogP contribution >= 0.6 is 11.8 Å². The van der Waals surface area contributed by atoms with Gasteiger partial charge in [0.25, 0.3) is 6.54 Å². The predicted octanol–water partition coefficient (Wildman–Crippen LogP) is 1.05. The number of hydrogen-bond donors (Lipinski definition) is 0. The lowest BCUT2D eigenvalue weighted by Crippen LogP contribution is -2.11. The average Bonchev–Trinajstić information content (AvgIpc) is 2.00. The summed E-state index contributed by atoms with van der Waals surface area (Å²) in [7, 11) is 0. The maximum atomic E-state index is 10.1. The lowest BCUT2D eigenvalue weighted by Gasteiger charge is -1.96. The van der Waals surface area contributed by atoms with E-state index in [1.807, 2.05) is 6.92 Å². The third-order valence-electron chi connectivity index (χ3n) is 0.922. The minimum atomic E-state index is -0.405. The normalized spacial score (nSPS) is 10.8. The molecule has 0 aliphatic carbocycles. The highest BCUT2D eigenvalue weighted by molar-refractivity contribution is 8.14. The molecule has 0 bridgehead atoms. The smallest absolute Gasteiger partial charge is 0.251 e. The zero-order valence-corrected chi connectivity index (χ0v) is 7.63. The van der Waals surface area contributed by atoms with Crippen molar-refractivity contribution in [2.24, 2.45) is 4.99 Å². The van der Waals surface area contributed by atoms with Crippen LogP contribution in [-0.4, -0.2) is 28.8 Å². The average molecular weight is 186 g/mol. The molecule has 0 aromatic carbocycles. The first-order chi connectivity index (χ1) is 5.70. The number of hydrogen-bond acceptors (Lipinski definition) is 4. The van der Waals surface area contributed by atoms with Crippen LogP contribution in [0.3, 0.4) is 0 Å². The predicted molar refractivity (Wildman–Crippen MR) is 51.1 cm³/mol. The molecule has 0 aromatic rings. The Labute approximate surface area is 75.6 Å². The van der Waals surface area contributed by atoms with Gasteiger partial charge in [-0.25, -0.2) is 0 Å². The van der Waals surface area contributed by atoms with E-state index in [4.69, 9.17) is 6.42 Å². The molecule has 0 saturated heterocycles. The van der Waals surface area contributed by atoms with Gasteiger partial charge in [-0.15, -0.1) is 18.2 Å². The van der Waals surface area contributed by atoms with Crippen molar-refractivity contribution in [3.05, 3.63) is 10.1 Å². The summed E-state index contributed by atoms with van der Waals surface area (Å²) in [4.78, 5) is 13.6. The Hall–Kier alpha value is -1.02. The monoisotopic (exact) mass is 186 g/mol. The lowest BCUT2D eigenvalue weighted by molar-refractivity contribution is -0.462. The topological polar surface area (TPSA) is 55.5 Å². The maximum absolute atomic E-state index is 10.1. The molecule has 0 fully saturated rings. The van der Waals surface area contributed by atoms with E-state index in [0.717, 1.165) is 5.75 Å². The number of nitro groups is 1. The number of rotatable bonds is 4. The molecule has 0 aromatic heterocycles. The van der Waals surface area contributed by atoms with Crippen molar-refractivity contribution in [2.45, 2.75) is 6.92 Å². The van der Waals surface area contributed by atoms with E-state index >= 15 is 0 Å². The van der Waals surface area contributed by atoms with Crippen molar-refractivity contribution < 1.29 is 4.92 Å². The van der Waals surface area contributed by atoms with Gasteiger partial charge in [0.1, 0.15) is 11.6 Å². The van der Waals surface area contributed by atoms with Crippen LogP contribution in [0.25, 0.3) is 0 Å². The second-order valence-electron chi connectivity index (χ2n) is 1.84. The Morgan fingerprint density at radius 3 is 2.92 bits per heavy atom. The van der Waals surface area contributed by atoms with Crippen LogP contribution in [0.4, 0.5) is 0 Å². The molecule has 5 heteroatoms. The molecule has 66 valence electrons. The van der Waals surface area contributed by atoms with Gasteiger partial charge in [0, 0.05) is 4.92 Å². The molecular formula is C7H10N2O2S. The molecule has 0 unspecified atom stereocenters. The second-order valence-corrected chi connectivity index (χ2v) is 3.18. The van der Waals surface area contributed by atoms with E-state index in [1.165, 1.54) is 11.8 Å². The van der Waals surface area contributed by atoms with Crippen LogP contribution in [-0.2, 0) is 0 Å². The summed E-state index contributed by atoms with van der Waals surface area (Å²) in [6, 6.07) is 0. The second kappa shape index (κ2) is 6.68. The first-order valence-corrected chi connectivity index (χ1v) is 4.40. The van der Waals surface area contributed by atoms with Crippen LogP contribution in [0.5, 0.6) is 0 Å². The molecule has 0 spiro atoms. The Morgan fingerprint density at radius 2 is 2.50 bits per heavy atom. The first kappa shape index (κ1) is 11.0. The fourth-order valence-electron chi connectivity index (χ4n) is 0.552. The lowest BCUT2D eigenvalue weighted by atomic mass is 10.6.